The van der Waals surface area contributed by atoms with Crippen LogP contribution in [0.1, 0.15) is 11.1 Å². The summed E-state index contributed by atoms with van der Waals surface area (Å²) in [6.45, 7) is 0. The van der Waals surface area contributed by atoms with Gasteiger partial charge in [-0.15, -0.1) is 0 Å². The van der Waals surface area contributed by atoms with E-state index in [-0.39, 0.29) is 6.10 Å². The minimum Gasteiger partial charge on any atom is -0.487 e. The van der Waals surface area contributed by atoms with E-state index < -0.39 is 6.10 Å². The number of aliphatic hydroxyl groups is 1. The molecular weight excluding hydrogens is 240 g/mol. The first-order chi connectivity index (χ1) is 9.22. The number of hydrogen-bond donors (Lipinski definition) is 2. The number of nitrogen functional groups attached to an aromatic ring is 1. The summed E-state index contributed by atoms with van der Waals surface area (Å²) in [5.41, 5.74) is 7.76. The molecule has 1 aliphatic heterocycles. The predicted molar refractivity (Wildman–Crippen MR) is 72.9 cm³/mol. The SMILES string of the molecule is Nc1cc(CC(O)C2Cc3ccccc3O2)ccn1. The van der Waals surface area contributed by atoms with E-state index in [9.17, 15) is 5.11 Å². The number of ether oxygens (including phenoxy) is 1. The predicted octanol–water partition coefficient (Wildman–Crippen LogP) is 1.57. The molecule has 4 heteroatoms. The fourth-order valence-corrected chi connectivity index (χ4v) is 2.42. The van der Waals surface area contributed by atoms with E-state index in [2.05, 4.69) is 4.98 Å². The molecule has 0 amide bonds. The van der Waals surface area contributed by atoms with Gasteiger partial charge < -0.3 is 15.6 Å². The van der Waals surface area contributed by atoms with Crippen LogP contribution in [0.25, 0.3) is 0 Å². The summed E-state index contributed by atoms with van der Waals surface area (Å²) in [6.07, 6.45) is 2.19. The Hall–Kier alpha value is -2.07. The van der Waals surface area contributed by atoms with Gasteiger partial charge in [-0.1, -0.05) is 18.2 Å². The molecule has 0 radical (unpaired) electrons. The Morgan fingerprint density at radius 3 is 3.00 bits per heavy atom. The number of benzene rings is 1. The molecule has 0 fully saturated rings. The van der Waals surface area contributed by atoms with Crippen LogP contribution in [-0.4, -0.2) is 22.3 Å². The second-order valence-electron chi connectivity index (χ2n) is 4.83. The monoisotopic (exact) mass is 256 g/mol. The third-order valence-corrected chi connectivity index (χ3v) is 3.39. The van der Waals surface area contributed by atoms with Crippen LogP contribution >= 0.6 is 0 Å². The first kappa shape index (κ1) is 12.0. The normalized spacial score (nSPS) is 18.7. The van der Waals surface area contributed by atoms with Crippen molar-refractivity contribution in [2.45, 2.75) is 25.0 Å². The summed E-state index contributed by atoms with van der Waals surface area (Å²) in [5.74, 6) is 1.35. The van der Waals surface area contributed by atoms with Crippen molar-refractivity contribution in [2.24, 2.45) is 0 Å². The van der Waals surface area contributed by atoms with Gasteiger partial charge in [0.15, 0.2) is 0 Å². The Balaban J connectivity index is 1.68. The number of nitrogens with zero attached hydrogens (tertiary/aromatic N) is 1. The molecule has 3 N–H and O–H groups in total. The van der Waals surface area contributed by atoms with Crippen molar-refractivity contribution in [3.63, 3.8) is 0 Å². The summed E-state index contributed by atoms with van der Waals surface area (Å²) >= 11 is 0. The first-order valence-corrected chi connectivity index (χ1v) is 6.35. The molecule has 0 saturated heterocycles. The van der Waals surface area contributed by atoms with Gasteiger partial charge in [0, 0.05) is 19.0 Å². The summed E-state index contributed by atoms with van der Waals surface area (Å²) in [4.78, 5) is 3.94. The number of aliphatic hydroxyl groups excluding tert-OH is 1. The second-order valence-corrected chi connectivity index (χ2v) is 4.83. The van der Waals surface area contributed by atoms with E-state index >= 15 is 0 Å². The third-order valence-electron chi connectivity index (χ3n) is 3.39. The van der Waals surface area contributed by atoms with Crippen molar-refractivity contribution < 1.29 is 9.84 Å². The number of rotatable bonds is 3. The van der Waals surface area contributed by atoms with Crippen molar-refractivity contribution in [3.05, 3.63) is 53.7 Å². The molecule has 4 nitrogen and oxygen atoms in total. The van der Waals surface area contributed by atoms with E-state index in [1.165, 1.54) is 0 Å². The minimum atomic E-state index is -0.547. The Morgan fingerprint density at radius 1 is 1.37 bits per heavy atom. The van der Waals surface area contributed by atoms with Crippen LogP contribution in [0, 0.1) is 0 Å². The molecule has 98 valence electrons. The van der Waals surface area contributed by atoms with Gasteiger partial charge in [-0.2, -0.15) is 0 Å². The van der Waals surface area contributed by atoms with Crippen molar-refractivity contribution in [1.82, 2.24) is 4.98 Å². The molecule has 0 saturated carbocycles. The average Bonchev–Trinajstić information content (AvgIpc) is 2.82. The van der Waals surface area contributed by atoms with Crippen LogP contribution in [0.15, 0.2) is 42.6 Å². The highest BCUT2D eigenvalue weighted by Crippen LogP contribution is 2.30. The molecule has 0 bridgehead atoms. The number of hydrogen-bond acceptors (Lipinski definition) is 4. The van der Waals surface area contributed by atoms with E-state index in [4.69, 9.17) is 10.5 Å². The summed E-state index contributed by atoms with van der Waals surface area (Å²) in [7, 11) is 0. The maximum Gasteiger partial charge on any atom is 0.129 e. The maximum absolute atomic E-state index is 10.3. The van der Waals surface area contributed by atoms with Gasteiger partial charge in [0.1, 0.15) is 17.7 Å². The highest BCUT2D eigenvalue weighted by Gasteiger charge is 2.28. The van der Waals surface area contributed by atoms with Gasteiger partial charge in [0.05, 0.1) is 6.10 Å². The van der Waals surface area contributed by atoms with Crippen molar-refractivity contribution >= 4 is 5.82 Å². The topological polar surface area (TPSA) is 68.4 Å². The average molecular weight is 256 g/mol. The molecular formula is C15H16N2O2. The van der Waals surface area contributed by atoms with Gasteiger partial charge in [0.2, 0.25) is 0 Å². The lowest BCUT2D eigenvalue weighted by Crippen LogP contribution is -2.32. The van der Waals surface area contributed by atoms with Crippen LogP contribution in [0.4, 0.5) is 5.82 Å². The number of para-hydroxylation sites is 1. The lowest BCUT2D eigenvalue weighted by molar-refractivity contribution is 0.0503. The number of aromatic nitrogens is 1. The van der Waals surface area contributed by atoms with Gasteiger partial charge >= 0.3 is 0 Å². The van der Waals surface area contributed by atoms with Crippen LogP contribution in [0.2, 0.25) is 0 Å². The maximum atomic E-state index is 10.3. The highest BCUT2D eigenvalue weighted by molar-refractivity contribution is 5.38. The molecule has 0 aliphatic carbocycles. The number of pyridine rings is 1. The minimum absolute atomic E-state index is 0.188. The summed E-state index contributed by atoms with van der Waals surface area (Å²) in [5, 5.41) is 10.3. The lowest BCUT2D eigenvalue weighted by Gasteiger charge is -2.18. The van der Waals surface area contributed by atoms with E-state index in [0.29, 0.717) is 12.2 Å². The van der Waals surface area contributed by atoms with Crippen LogP contribution in [-0.2, 0) is 12.8 Å². The van der Waals surface area contributed by atoms with E-state index in [1.807, 2.05) is 30.3 Å². The van der Waals surface area contributed by atoms with Crippen molar-refractivity contribution in [3.8, 4) is 5.75 Å². The van der Waals surface area contributed by atoms with Gasteiger partial charge in [-0.3, -0.25) is 0 Å². The number of anilines is 1. The highest BCUT2D eigenvalue weighted by atomic mass is 16.5. The number of fused-ring (bicyclic) bond motifs is 1. The van der Waals surface area contributed by atoms with Crippen LogP contribution in [0.3, 0.4) is 0 Å². The molecule has 2 atom stereocenters. The first-order valence-electron chi connectivity index (χ1n) is 6.35. The molecule has 2 aromatic rings. The van der Waals surface area contributed by atoms with Gasteiger partial charge in [-0.05, 0) is 29.3 Å². The molecule has 3 rings (SSSR count). The number of nitrogens with two attached hydrogens (primary N) is 1. The Kier molecular flexibility index (Phi) is 3.09. The van der Waals surface area contributed by atoms with Crippen molar-refractivity contribution in [1.29, 1.82) is 0 Å². The Labute approximate surface area is 111 Å². The molecule has 2 unspecified atom stereocenters. The van der Waals surface area contributed by atoms with Crippen molar-refractivity contribution in [2.75, 3.05) is 5.73 Å². The second kappa shape index (κ2) is 4.90. The molecule has 1 aliphatic rings. The molecule has 19 heavy (non-hydrogen) atoms. The van der Waals surface area contributed by atoms with Gasteiger partial charge in [0.25, 0.3) is 0 Å². The van der Waals surface area contributed by atoms with Gasteiger partial charge in [-0.25, -0.2) is 4.98 Å². The molecule has 0 spiro atoms. The zero-order chi connectivity index (χ0) is 13.2. The van der Waals surface area contributed by atoms with Crippen LogP contribution < -0.4 is 10.5 Å². The summed E-state index contributed by atoms with van der Waals surface area (Å²) < 4.78 is 5.77. The lowest BCUT2D eigenvalue weighted by atomic mass is 10.0. The zero-order valence-corrected chi connectivity index (χ0v) is 10.5. The molecule has 2 heterocycles. The standard InChI is InChI=1S/C15H16N2O2/c16-15-8-10(5-6-17-15)7-12(18)14-9-11-3-1-2-4-13(11)19-14/h1-6,8,12,14,18H,7,9H2,(H2,16,17). The zero-order valence-electron chi connectivity index (χ0n) is 10.5. The quantitative estimate of drug-likeness (QED) is 0.874. The Bertz CT molecular complexity index is 561. The smallest absolute Gasteiger partial charge is 0.129 e. The third kappa shape index (κ3) is 2.53. The Morgan fingerprint density at radius 2 is 2.21 bits per heavy atom. The van der Waals surface area contributed by atoms with E-state index in [0.717, 1.165) is 23.3 Å². The molecule has 1 aromatic heterocycles. The largest absolute Gasteiger partial charge is 0.487 e. The fourth-order valence-electron chi connectivity index (χ4n) is 2.42. The fraction of sp³-hybridized carbons (Fsp3) is 0.267. The summed E-state index contributed by atoms with van der Waals surface area (Å²) in [6, 6.07) is 11.5. The molecule has 1 aromatic carbocycles. The van der Waals surface area contributed by atoms with E-state index in [1.54, 1.807) is 12.3 Å². The van der Waals surface area contributed by atoms with Crippen LogP contribution in [0.5, 0.6) is 5.75 Å².